The number of amides is 1. The minimum atomic E-state index is -3.46. The van der Waals surface area contributed by atoms with Crippen LogP contribution in [0.2, 0.25) is 0 Å². The number of hydrogen-bond acceptors (Lipinski definition) is 3. The highest BCUT2D eigenvalue weighted by Gasteiger charge is 2.28. The van der Waals surface area contributed by atoms with Crippen LogP contribution in [-0.4, -0.2) is 37.8 Å². The average molecular weight is 379 g/mol. The number of benzene rings is 1. The van der Waals surface area contributed by atoms with E-state index < -0.39 is 10.0 Å². The minimum Gasteiger partial charge on any atom is -0.349 e. The molecule has 0 radical (unpaired) electrons. The normalized spacial score (nSPS) is 25.8. The summed E-state index contributed by atoms with van der Waals surface area (Å²) in [5.74, 6) is 1.21. The first-order valence-electron chi connectivity index (χ1n) is 9.77. The summed E-state index contributed by atoms with van der Waals surface area (Å²) in [6.07, 6.45) is 6.14. The highest BCUT2D eigenvalue weighted by molar-refractivity contribution is 7.89. The van der Waals surface area contributed by atoms with Gasteiger partial charge in [0, 0.05) is 24.7 Å². The lowest BCUT2D eigenvalue weighted by molar-refractivity contribution is 0.0923. The Balaban J connectivity index is 1.63. The molecule has 1 saturated heterocycles. The Morgan fingerprint density at radius 1 is 0.923 bits per heavy atom. The number of sulfonamides is 1. The van der Waals surface area contributed by atoms with Crippen LogP contribution in [0.15, 0.2) is 29.2 Å². The van der Waals surface area contributed by atoms with Crippen molar-refractivity contribution < 1.29 is 13.2 Å². The molecule has 0 spiro atoms. The van der Waals surface area contributed by atoms with Crippen molar-refractivity contribution in [1.82, 2.24) is 9.62 Å². The molecule has 1 aromatic carbocycles. The highest BCUT2D eigenvalue weighted by atomic mass is 32.2. The Kier molecular flexibility index (Phi) is 6.03. The summed E-state index contributed by atoms with van der Waals surface area (Å²) in [6.45, 7) is 5.56. The lowest BCUT2D eigenvalue weighted by Gasteiger charge is -2.29. The minimum absolute atomic E-state index is 0.111. The molecule has 6 heteroatoms. The Bertz CT molecular complexity index is 714. The number of rotatable bonds is 4. The summed E-state index contributed by atoms with van der Waals surface area (Å²) in [5, 5.41) is 3.08. The smallest absolute Gasteiger partial charge is 0.251 e. The third-order valence-electron chi connectivity index (χ3n) is 5.85. The molecule has 0 bridgehead atoms. The number of carbonyl (C=O) groups excluding carboxylic acids is 1. The Morgan fingerprint density at radius 2 is 1.46 bits per heavy atom. The van der Waals surface area contributed by atoms with Crippen LogP contribution in [-0.2, 0) is 10.0 Å². The van der Waals surface area contributed by atoms with E-state index >= 15 is 0 Å². The fraction of sp³-hybridized carbons (Fsp3) is 0.650. The molecule has 1 aromatic rings. The van der Waals surface area contributed by atoms with Crippen LogP contribution in [0.1, 0.15) is 62.7 Å². The number of hydrogen-bond donors (Lipinski definition) is 1. The summed E-state index contributed by atoms with van der Waals surface area (Å²) in [5.41, 5.74) is 0.523. The van der Waals surface area contributed by atoms with Gasteiger partial charge < -0.3 is 5.32 Å². The molecule has 1 saturated carbocycles. The summed E-state index contributed by atoms with van der Waals surface area (Å²) in [6, 6.07) is 6.61. The van der Waals surface area contributed by atoms with Crippen molar-refractivity contribution >= 4 is 15.9 Å². The van der Waals surface area contributed by atoms with Gasteiger partial charge in [0.15, 0.2) is 0 Å². The van der Waals surface area contributed by atoms with Gasteiger partial charge in [-0.05, 0) is 74.6 Å². The molecule has 0 unspecified atom stereocenters. The van der Waals surface area contributed by atoms with E-state index in [9.17, 15) is 13.2 Å². The average Bonchev–Trinajstić information content (AvgIpc) is 2.64. The van der Waals surface area contributed by atoms with Crippen molar-refractivity contribution in [2.24, 2.45) is 11.8 Å². The van der Waals surface area contributed by atoms with Gasteiger partial charge in [-0.25, -0.2) is 8.42 Å². The van der Waals surface area contributed by atoms with Gasteiger partial charge in [-0.3, -0.25) is 4.79 Å². The predicted molar refractivity (Wildman–Crippen MR) is 102 cm³/mol. The van der Waals surface area contributed by atoms with Gasteiger partial charge in [0.1, 0.15) is 0 Å². The zero-order valence-electron chi connectivity index (χ0n) is 15.8. The van der Waals surface area contributed by atoms with Crippen molar-refractivity contribution in [3.8, 4) is 0 Å². The van der Waals surface area contributed by atoms with Gasteiger partial charge in [0.05, 0.1) is 4.90 Å². The fourth-order valence-corrected chi connectivity index (χ4v) is 5.30. The van der Waals surface area contributed by atoms with Crippen LogP contribution in [0.4, 0.5) is 0 Å². The maximum absolute atomic E-state index is 12.7. The summed E-state index contributed by atoms with van der Waals surface area (Å²) >= 11 is 0. The van der Waals surface area contributed by atoms with Crippen LogP contribution in [0.3, 0.4) is 0 Å². The topological polar surface area (TPSA) is 66.5 Å². The molecule has 1 heterocycles. The lowest BCUT2D eigenvalue weighted by atomic mass is 9.87. The first-order chi connectivity index (χ1) is 12.4. The number of piperidine rings is 1. The molecule has 2 aliphatic rings. The van der Waals surface area contributed by atoms with Crippen molar-refractivity contribution in [3.05, 3.63) is 29.8 Å². The molecule has 26 heavy (non-hydrogen) atoms. The van der Waals surface area contributed by atoms with Crippen LogP contribution in [0.5, 0.6) is 0 Å². The van der Waals surface area contributed by atoms with Gasteiger partial charge >= 0.3 is 0 Å². The molecule has 5 nitrogen and oxygen atoms in total. The molecule has 1 amide bonds. The van der Waals surface area contributed by atoms with Crippen molar-refractivity contribution in [3.63, 3.8) is 0 Å². The zero-order chi connectivity index (χ0) is 18.7. The van der Waals surface area contributed by atoms with Gasteiger partial charge in [0.2, 0.25) is 10.0 Å². The Labute approximate surface area is 157 Å². The molecule has 3 rings (SSSR count). The summed E-state index contributed by atoms with van der Waals surface area (Å²) in [4.78, 5) is 12.7. The number of carbonyl (C=O) groups is 1. The number of nitrogens with zero attached hydrogens (tertiary/aromatic N) is 1. The SMILES string of the molecule is CC1CCC(NC(=O)c2ccc(S(=O)(=O)N3CCC(C)CC3)cc2)CC1. The molecule has 1 aliphatic carbocycles. The molecular formula is C20H30N2O3S. The molecule has 1 aliphatic heterocycles. The standard InChI is InChI=1S/C20H30N2O3S/c1-15-3-7-18(8-4-15)21-20(23)17-5-9-19(10-6-17)26(24,25)22-13-11-16(2)12-14-22/h5-6,9-10,15-16,18H,3-4,7-8,11-14H2,1-2H3,(H,21,23). The molecule has 1 N–H and O–H groups in total. The van der Waals surface area contributed by atoms with Crippen LogP contribution in [0, 0.1) is 11.8 Å². The fourth-order valence-electron chi connectivity index (χ4n) is 3.83. The van der Waals surface area contributed by atoms with E-state index in [-0.39, 0.29) is 16.8 Å². The quantitative estimate of drug-likeness (QED) is 0.873. The van der Waals surface area contributed by atoms with Crippen molar-refractivity contribution in [2.75, 3.05) is 13.1 Å². The van der Waals surface area contributed by atoms with Gasteiger partial charge in [-0.2, -0.15) is 4.31 Å². The van der Waals surface area contributed by atoms with E-state index in [2.05, 4.69) is 19.2 Å². The summed E-state index contributed by atoms with van der Waals surface area (Å²) < 4.78 is 27.1. The van der Waals surface area contributed by atoms with Gasteiger partial charge in [-0.1, -0.05) is 13.8 Å². The Hall–Kier alpha value is -1.40. The lowest BCUT2D eigenvalue weighted by Crippen LogP contribution is -2.38. The van der Waals surface area contributed by atoms with Crippen LogP contribution < -0.4 is 5.32 Å². The van der Waals surface area contributed by atoms with E-state index in [4.69, 9.17) is 0 Å². The molecule has 144 valence electrons. The zero-order valence-corrected chi connectivity index (χ0v) is 16.6. The predicted octanol–water partition coefficient (Wildman–Crippen LogP) is 3.42. The summed E-state index contributed by atoms with van der Waals surface area (Å²) in [7, 11) is -3.46. The monoisotopic (exact) mass is 378 g/mol. The van der Waals surface area contributed by atoms with Gasteiger partial charge in [0.25, 0.3) is 5.91 Å². The van der Waals surface area contributed by atoms with Gasteiger partial charge in [-0.15, -0.1) is 0 Å². The maximum Gasteiger partial charge on any atom is 0.251 e. The first-order valence-corrected chi connectivity index (χ1v) is 11.2. The molecule has 0 aromatic heterocycles. The second-order valence-electron chi connectivity index (χ2n) is 8.04. The van der Waals surface area contributed by atoms with Crippen molar-refractivity contribution in [1.29, 1.82) is 0 Å². The second-order valence-corrected chi connectivity index (χ2v) is 9.98. The van der Waals surface area contributed by atoms with Crippen LogP contribution in [0.25, 0.3) is 0 Å². The van der Waals surface area contributed by atoms with Crippen molar-refractivity contribution in [2.45, 2.75) is 63.3 Å². The molecule has 2 fully saturated rings. The van der Waals surface area contributed by atoms with E-state index in [1.54, 1.807) is 28.6 Å². The highest BCUT2D eigenvalue weighted by Crippen LogP contribution is 2.25. The third-order valence-corrected chi connectivity index (χ3v) is 7.76. The third kappa shape index (κ3) is 4.46. The van der Waals surface area contributed by atoms with E-state index in [0.717, 1.165) is 44.4 Å². The molecule has 0 atom stereocenters. The largest absolute Gasteiger partial charge is 0.349 e. The second kappa shape index (κ2) is 8.09. The van der Waals surface area contributed by atoms with Crippen LogP contribution >= 0.6 is 0 Å². The Morgan fingerprint density at radius 3 is 2.04 bits per heavy atom. The van der Waals surface area contributed by atoms with E-state index in [1.807, 2.05) is 0 Å². The number of nitrogens with one attached hydrogen (secondary N) is 1. The van der Waals surface area contributed by atoms with E-state index in [0.29, 0.717) is 24.6 Å². The van der Waals surface area contributed by atoms with E-state index in [1.165, 1.54) is 0 Å². The maximum atomic E-state index is 12.7. The molecular weight excluding hydrogens is 348 g/mol. The first kappa shape index (κ1) is 19.4.